The Morgan fingerprint density at radius 1 is 1.21 bits per heavy atom. The van der Waals surface area contributed by atoms with E-state index in [-0.39, 0.29) is 23.7 Å². The molecule has 174 valence electrons. The predicted octanol–water partition coefficient (Wildman–Crippen LogP) is 2.57. The SMILES string of the molecule is Cc1cc(C)n(CCCC(=O)N2C3CCC2CC(O)(Cn2ccc4ccncc42)C3)c(=O)n1. The van der Waals surface area contributed by atoms with E-state index < -0.39 is 5.60 Å². The fraction of sp³-hybridized carbons (Fsp3) is 0.520. The first-order valence-corrected chi connectivity index (χ1v) is 11.8. The Morgan fingerprint density at radius 3 is 2.70 bits per heavy atom. The van der Waals surface area contributed by atoms with E-state index >= 15 is 0 Å². The third-order valence-electron chi connectivity index (χ3n) is 7.30. The van der Waals surface area contributed by atoms with Gasteiger partial charge in [-0.05, 0) is 64.2 Å². The van der Waals surface area contributed by atoms with Crippen molar-refractivity contribution in [1.29, 1.82) is 0 Å². The fourth-order valence-corrected chi connectivity index (χ4v) is 5.91. The summed E-state index contributed by atoms with van der Waals surface area (Å²) in [5, 5.41) is 12.6. The number of rotatable bonds is 6. The highest BCUT2D eigenvalue weighted by atomic mass is 16.3. The van der Waals surface area contributed by atoms with Crippen molar-refractivity contribution in [2.75, 3.05) is 0 Å². The van der Waals surface area contributed by atoms with Crippen LogP contribution in [0.2, 0.25) is 0 Å². The summed E-state index contributed by atoms with van der Waals surface area (Å²) in [6.45, 7) is 4.71. The number of aromatic nitrogens is 4. The predicted molar refractivity (Wildman–Crippen MR) is 125 cm³/mol. The molecular formula is C25H31N5O3. The summed E-state index contributed by atoms with van der Waals surface area (Å²) in [4.78, 5) is 35.5. The smallest absolute Gasteiger partial charge is 0.347 e. The van der Waals surface area contributed by atoms with Crippen molar-refractivity contribution in [1.82, 2.24) is 24.0 Å². The lowest BCUT2D eigenvalue weighted by Gasteiger charge is -2.44. The van der Waals surface area contributed by atoms with Crippen molar-refractivity contribution in [3.05, 3.63) is 58.7 Å². The molecule has 0 spiro atoms. The topological polar surface area (TPSA) is 93.2 Å². The summed E-state index contributed by atoms with van der Waals surface area (Å²) in [6, 6.07) is 6.06. The molecule has 2 aliphatic heterocycles. The number of carbonyl (C=O) groups is 1. The number of piperidine rings is 1. The van der Waals surface area contributed by atoms with Gasteiger partial charge in [0, 0.05) is 54.2 Å². The average Bonchev–Trinajstić information content (AvgIpc) is 3.28. The maximum atomic E-state index is 13.1. The number of hydrogen-bond acceptors (Lipinski definition) is 5. The fourth-order valence-electron chi connectivity index (χ4n) is 5.91. The monoisotopic (exact) mass is 449 g/mol. The Morgan fingerprint density at radius 2 is 1.97 bits per heavy atom. The molecule has 0 aromatic carbocycles. The van der Waals surface area contributed by atoms with Gasteiger partial charge >= 0.3 is 5.69 Å². The first-order chi connectivity index (χ1) is 15.8. The number of aliphatic hydroxyl groups is 1. The molecule has 3 aromatic heterocycles. The van der Waals surface area contributed by atoms with Crippen molar-refractivity contribution < 1.29 is 9.90 Å². The second-order valence-electron chi connectivity index (χ2n) is 9.77. The van der Waals surface area contributed by atoms with Gasteiger partial charge < -0.3 is 14.6 Å². The number of hydrogen-bond donors (Lipinski definition) is 1. The normalized spacial score (nSPS) is 24.5. The van der Waals surface area contributed by atoms with E-state index in [0.29, 0.717) is 44.5 Å². The first-order valence-electron chi connectivity index (χ1n) is 11.8. The zero-order valence-electron chi connectivity index (χ0n) is 19.3. The van der Waals surface area contributed by atoms with Crippen LogP contribution in [-0.2, 0) is 17.9 Å². The lowest BCUT2D eigenvalue weighted by atomic mass is 9.85. The number of aryl methyl sites for hydroxylation is 2. The summed E-state index contributed by atoms with van der Waals surface area (Å²) in [7, 11) is 0. The van der Waals surface area contributed by atoms with Crippen LogP contribution in [0.1, 0.15) is 49.9 Å². The van der Waals surface area contributed by atoms with Crippen LogP contribution in [0, 0.1) is 13.8 Å². The van der Waals surface area contributed by atoms with Crippen molar-refractivity contribution >= 4 is 16.8 Å². The molecule has 5 rings (SSSR count). The van der Waals surface area contributed by atoms with E-state index in [0.717, 1.165) is 29.4 Å². The lowest BCUT2D eigenvalue weighted by Crippen LogP contribution is -2.54. The number of carbonyl (C=O) groups excluding carboxylic acids is 1. The minimum absolute atomic E-state index is 0.0756. The third-order valence-corrected chi connectivity index (χ3v) is 7.30. The van der Waals surface area contributed by atoms with Crippen molar-refractivity contribution in [2.24, 2.45) is 0 Å². The summed E-state index contributed by atoms with van der Waals surface area (Å²) in [5.74, 6) is 0.130. The number of nitrogens with zero attached hydrogens (tertiary/aromatic N) is 5. The van der Waals surface area contributed by atoms with Gasteiger partial charge in [-0.15, -0.1) is 0 Å². The van der Waals surface area contributed by atoms with Gasteiger partial charge in [0.25, 0.3) is 0 Å². The Kier molecular flexibility index (Phi) is 5.56. The van der Waals surface area contributed by atoms with Crippen LogP contribution >= 0.6 is 0 Å². The molecule has 3 aromatic rings. The van der Waals surface area contributed by atoms with Gasteiger partial charge in [-0.1, -0.05) is 0 Å². The molecule has 1 amide bonds. The van der Waals surface area contributed by atoms with E-state index in [1.807, 2.05) is 49.3 Å². The van der Waals surface area contributed by atoms with E-state index in [1.165, 1.54) is 0 Å². The molecule has 5 heterocycles. The van der Waals surface area contributed by atoms with Crippen molar-refractivity contribution in [2.45, 2.75) is 83.1 Å². The van der Waals surface area contributed by atoms with Crippen LogP contribution < -0.4 is 5.69 Å². The Hall–Kier alpha value is -3.00. The van der Waals surface area contributed by atoms with Crippen molar-refractivity contribution in [3.8, 4) is 0 Å². The van der Waals surface area contributed by atoms with Crippen LogP contribution in [0.25, 0.3) is 10.9 Å². The highest BCUT2D eigenvalue weighted by Gasteiger charge is 2.49. The number of fused-ring (bicyclic) bond motifs is 3. The minimum atomic E-state index is -0.831. The largest absolute Gasteiger partial charge is 0.388 e. The minimum Gasteiger partial charge on any atom is -0.388 e. The molecular weight excluding hydrogens is 418 g/mol. The number of pyridine rings is 1. The zero-order chi connectivity index (χ0) is 23.2. The van der Waals surface area contributed by atoms with Gasteiger partial charge in [-0.3, -0.25) is 14.3 Å². The molecule has 8 heteroatoms. The molecule has 2 saturated heterocycles. The maximum Gasteiger partial charge on any atom is 0.347 e. The average molecular weight is 450 g/mol. The second kappa shape index (κ2) is 8.41. The quantitative estimate of drug-likeness (QED) is 0.624. The van der Waals surface area contributed by atoms with Crippen LogP contribution in [-0.4, -0.2) is 52.7 Å². The van der Waals surface area contributed by atoms with Gasteiger partial charge in [-0.2, -0.15) is 4.98 Å². The molecule has 0 saturated carbocycles. The van der Waals surface area contributed by atoms with E-state index in [2.05, 4.69) is 14.5 Å². The Balaban J connectivity index is 1.22. The molecule has 0 aliphatic carbocycles. The molecule has 2 bridgehead atoms. The van der Waals surface area contributed by atoms with Crippen LogP contribution in [0.3, 0.4) is 0 Å². The third kappa shape index (κ3) is 4.19. The molecule has 2 atom stereocenters. The van der Waals surface area contributed by atoms with Gasteiger partial charge in [0.15, 0.2) is 0 Å². The molecule has 1 N–H and O–H groups in total. The Bertz CT molecular complexity index is 1230. The lowest BCUT2D eigenvalue weighted by molar-refractivity contribution is -0.142. The summed E-state index contributed by atoms with van der Waals surface area (Å²) >= 11 is 0. The van der Waals surface area contributed by atoms with Crippen LogP contribution in [0.15, 0.2) is 41.6 Å². The second-order valence-corrected chi connectivity index (χ2v) is 9.77. The highest BCUT2D eigenvalue weighted by Crippen LogP contribution is 2.42. The number of amides is 1. The van der Waals surface area contributed by atoms with E-state index in [9.17, 15) is 14.7 Å². The molecule has 33 heavy (non-hydrogen) atoms. The zero-order valence-corrected chi connectivity index (χ0v) is 19.3. The van der Waals surface area contributed by atoms with Crippen LogP contribution in [0.4, 0.5) is 0 Å². The van der Waals surface area contributed by atoms with Gasteiger partial charge in [0.05, 0.1) is 23.9 Å². The first kappa shape index (κ1) is 21.8. The van der Waals surface area contributed by atoms with Crippen molar-refractivity contribution in [3.63, 3.8) is 0 Å². The van der Waals surface area contributed by atoms with Crippen LogP contribution in [0.5, 0.6) is 0 Å². The molecule has 2 unspecified atom stereocenters. The molecule has 0 radical (unpaired) electrons. The summed E-state index contributed by atoms with van der Waals surface area (Å²) < 4.78 is 3.72. The van der Waals surface area contributed by atoms with Gasteiger partial charge in [0.1, 0.15) is 0 Å². The van der Waals surface area contributed by atoms with Gasteiger partial charge in [0.2, 0.25) is 5.91 Å². The van der Waals surface area contributed by atoms with E-state index in [4.69, 9.17) is 0 Å². The molecule has 2 aliphatic rings. The summed E-state index contributed by atoms with van der Waals surface area (Å²) in [6.07, 6.45) is 9.69. The summed E-state index contributed by atoms with van der Waals surface area (Å²) in [5.41, 5.74) is 1.52. The Labute approximate surface area is 192 Å². The molecule has 8 nitrogen and oxygen atoms in total. The standard InChI is InChI=1S/C25H31N5O3/c1-17-12-18(2)29(24(32)27-17)10-3-4-23(31)30-20-5-6-21(30)14-25(33,13-20)16-28-11-8-19-7-9-26-15-22(19)28/h7-9,11-12,15,20-21,33H,3-6,10,13-14,16H2,1-2H3. The molecule has 2 fully saturated rings. The van der Waals surface area contributed by atoms with E-state index in [1.54, 1.807) is 10.8 Å². The highest BCUT2D eigenvalue weighted by molar-refractivity contribution is 5.79. The van der Waals surface area contributed by atoms with Gasteiger partial charge in [-0.25, -0.2) is 4.79 Å². The maximum absolute atomic E-state index is 13.1.